The lowest BCUT2D eigenvalue weighted by molar-refractivity contribution is -0.162. The summed E-state index contributed by atoms with van der Waals surface area (Å²) in [7, 11) is 0. The van der Waals surface area contributed by atoms with E-state index in [-0.39, 0.29) is 30.8 Å². The average Bonchev–Trinajstić information content (AvgIpc) is 3.09. The van der Waals surface area contributed by atoms with Crippen molar-refractivity contribution in [3.05, 3.63) is 23.3 Å². The first-order chi connectivity index (χ1) is 12.4. The zero-order chi connectivity index (χ0) is 18.1. The first-order valence-electron chi connectivity index (χ1n) is 9.01. The first-order valence-corrected chi connectivity index (χ1v) is 9.01. The quantitative estimate of drug-likeness (QED) is 0.702. The van der Waals surface area contributed by atoms with E-state index in [4.69, 9.17) is 18.9 Å². The van der Waals surface area contributed by atoms with Crippen LogP contribution in [0.1, 0.15) is 43.7 Å². The Labute approximate surface area is 151 Å². The molecule has 1 aromatic carbocycles. The number of fused-ring (bicyclic) bond motifs is 7. The molecule has 0 aromatic heterocycles. The zero-order valence-corrected chi connectivity index (χ0v) is 14.8. The fourth-order valence-electron chi connectivity index (χ4n) is 4.42. The molecule has 5 rings (SSSR count). The van der Waals surface area contributed by atoms with E-state index in [2.05, 4.69) is 0 Å². The van der Waals surface area contributed by atoms with E-state index in [0.29, 0.717) is 31.0 Å². The molecule has 3 atom stereocenters. The van der Waals surface area contributed by atoms with Crippen LogP contribution in [0, 0.1) is 0 Å². The van der Waals surface area contributed by atoms with Crippen molar-refractivity contribution in [1.82, 2.24) is 4.90 Å². The van der Waals surface area contributed by atoms with Crippen molar-refractivity contribution in [2.24, 2.45) is 0 Å². The van der Waals surface area contributed by atoms with Crippen LogP contribution in [-0.2, 0) is 25.6 Å². The second-order valence-corrected chi connectivity index (χ2v) is 7.77. The number of nitrogens with zero attached hydrogens (tertiary/aromatic N) is 1. The van der Waals surface area contributed by atoms with E-state index < -0.39 is 18.0 Å². The number of benzene rings is 1. The number of hydrogen-bond donors (Lipinski definition) is 0. The minimum atomic E-state index is -0.866. The summed E-state index contributed by atoms with van der Waals surface area (Å²) in [5.41, 5.74) is 1.88. The topological polar surface area (TPSA) is 74.3 Å². The van der Waals surface area contributed by atoms with Crippen molar-refractivity contribution < 1.29 is 28.5 Å². The van der Waals surface area contributed by atoms with Crippen molar-refractivity contribution in [1.29, 1.82) is 0 Å². The number of ether oxygens (including phenoxy) is 4. The van der Waals surface area contributed by atoms with Gasteiger partial charge in [0.2, 0.25) is 6.79 Å². The van der Waals surface area contributed by atoms with Gasteiger partial charge in [0.15, 0.2) is 23.4 Å². The Bertz CT molecular complexity index is 803. The van der Waals surface area contributed by atoms with Crippen LogP contribution in [0.2, 0.25) is 0 Å². The molecule has 26 heavy (non-hydrogen) atoms. The van der Waals surface area contributed by atoms with Crippen LogP contribution in [0.3, 0.4) is 0 Å². The van der Waals surface area contributed by atoms with Crippen molar-refractivity contribution in [3.63, 3.8) is 0 Å². The smallest absolute Gasteiger partial charge is 0.254 e. The van der Waals surface area contributed by atoms with Gasteiger partial charge in [-0.1, -0.05) is 0 Å². The highest BCUT2D eigenvalue weighted by Crippen LogP contribution is 2.42. The van der Waals surface area contributed by atoms with Gasteiger partial charge in [0, 0.05) is 25.4 Å². The van der Waals surface area contributed by atoms with Crippen LogP contribution in [-0.4, -0.2) is 47.9 Å². The molecule has 2 saturated heterocycles. The summed E-state index contributed by atoms with van der Waals surface area (Å²) in [5.74, 6) is 0.162. The standard InChI is InChI=1S/C19H21NO6/c1-19(2)25-16-7-13(21)11-3-4-20(18(22)17(16)26-19)8-10-5-14-15(6-12(10)11)24-9-23-14/h5-6,11,16-17H,3-4,7-9H2,1-2H3/t11-,16-,17+/m0/s1. The molecule has 2 fully saturated rings. The molecule has 2 bridgehead atoms. The second-order valence-electron chi connectivity index (χ2n) is 7.77. The number of amides is 1. The molecule has 1 amide bonds. The molecule has 4 aliphatic heterocycles. The van der Waals surface area contributed by atoms with Gasteiger partial charge >= 0.3 is 0 Å². The van der Waals surface area contributed by atoms with Crippen molar-refractivity contribution in [2.75, 3.05) is 13.3 Å². The predicted octanol–water partition coefficient (Wildman–Crippen LogP) is 1.72. The molecular formula is C19H21NO6. The zero-order valence-electron chi connectivity index (χ0n) is 14.8. The normalized spacial score (nSPS) is 31.8. The lowest BCUT2D eigenvalue weighted by atomic mass is 9.86. The van der Waals surface area contributed by atoms with Gasteiger partial charge in [-0.15, -0.1) is 0 Å². The van der Waals surface area contributed by atoms with Crippen LogP contribution in [0.25, 0.3) is 0 Å². The summed E-state index contributed by atoms with van der Waals surface area (Å²) in [5, 5.41) is 0. The van der Waals surface area contributed by atoms with Crippen molar-refractivity contribution in [2.45, 2.75) is 57.1 Å². The molecule has 0 aliphatic carbocycles. The fraction of sp³-hybridized carbons (Fsp3) is 0.579. The van der Waals surface area contributed by atoms with Crippen LogP contribution in [0.4, 0.5) is 0 Å². The number of carbonyl (C=O) groups excluding carboxylic acids is 2. The summed E-state index contributed by atoms with van der Waals surface area (Å²) < 4.78 is 22.7. The highest BCUT2D eigenvalue weighted by atomic mass is 16.8. The van der Waals surface area contributed by atoms with Crippen molar-refractivity contribution in [3.8, 4) is 11.5 Å². The molecule has 7 nitrogen and oxygen atoms in total. The molecule has 0 spiro atoms. The lowest BCUT2D eigenvalue weighted by Crippen LogP contribution is -2.43. The number of hydrogen-bond acceptors (Lipinski definition) is 6. The molecule has 0 N–H and O–H groups in total. The highest BCUT2D eigenvalue weighted by Gasteiger charge is 2.49. The molecular weight excluding hydrogens is 338 g/mol. The summed E-state index contributed by atoms with van der Waals surface area (Å²) in [6, 6.07) is 3.81. The van der Waals surface area contributed by atoms with E-state index >= 15 is 0 Å². The van der Waals surface area contributed by atoms with Gasteiger partial charge < -0.3 is 23.8 Å². The van der Waals surface area contributed by atoms with Gasteiger partial charge in [0.05, 0.1) is 0 Å². The van der Waals surface area contributed by atoms with Gasteiger partial charge in [0.25, 0.3) is 5.91 Å². The van der Waals surface area contributed by atoms with E-state index in [9.17, 15) is 9.59 Å². The summed E-state index contributed by atoms with van der Waals surface area (Å²) in [4.78, 5) is 28.0. The van der Waals surface area contributed by atoms with E-state index in [1.807, 2.05) is 12.1 Å². The number of ketones is 1. The van der Waals surface area contributed by atoms with Crippen LogP contribution in [0.15, 0.2) is 12.1 Å². The molecule has 138 valence electrons. The number of carbonyl (C=O) groups is 2. The van der Waals surface area contributed by atoms with E-state index in [1.165, 1.54) is 0 Å². The maximum Gasteiger partial charge on any atom is 0.254 e. The molecule has 4 aliphatic rings. The summed E-state index contributed by atoms with van der Waals surface area (Å²) >= 11 is 0. The van der Waals surface area contributed by atoms with Crippen LogP contribution >= 0.6 is 0 Å². The number of Topliss-reactive ketones (excluding diaryl/α,β-unsaturated/α-hetero) is 1. The monoisotopic (exact) mass is 359 g/mol. The Morgan fingerprint density at radius 2 is 1.88 bits per heavy atom. The molecule has 0 unspecified atom stereocenters. The third-order valence-corrected chi connectivity index (χ3v) is 5.59. The Morgan fingerprint density at radius 1 is 1.12 bits per heavy atom. The fourth-order valence-corrected chi connectivity index (χ4v) is 4.42. The van der Waals surface area contributed by atoms with Gasteiger partial charge in [-0.3, -0.25) is 9.59 Å². The molecule has 7 heteroatoms. The molecule has 1 aromatic rings. The Morgan fingerprint density at radius 3 is 2.69 bits per heavy atom. The summed E-state index contributed by atoms with van der Waals surface area (Å²) in [6.07, 6.45) is -0.501. The Hall–Kier alpha value is -2.12. The van der Waals surface area contributed by atoms with Gasteiger partial charge in [-0.05, 0) is 43.5 Å². The maximum absolute atomic E-state index is 13.1. The van der Waals surface area contributed by atoms with E-state index in [1.54, 1.807) is 18.7 Å². The van der Waals surface area contributed by atoms with Crippen LogP contribution in [0.5, 0.6) is 11.5 Å². The minimum absolute atomic E-state index is 0.0814. The molecule has 0 saturated carbocycles. The Kier molecular flexibility index (Phi) is 3.36. The minimum Gasteiger partial charge on any atom is -0.454 e. The number of rotatable bonds is 0. The second kappa shape index (κ2) is 5.44. The average molecular weight is 359 g/mol. The van der Waals surface area contributed by atoms with Gasteiger partial charge in [0.1, 0.15) is 11.9 Å². The predicted molar refractivity (Wildman–Crippen MR) is 88.8 cm³/mol. The van der Waals surface area contributed by atoms with E-state index in [0.717, 1.165) is 11.1 Å². The summed E-state index contributed by atoms with van der Waals surface area (Å²) in [6.45, 7) is 4.68. The highest BCUT2D eigenvalue weighted by molar-refractivity contribution is 5.90. The third kappa shape index (κ3) is 2.41. The van der Waals surface area contributed by atoms with Crippen molar-refractivity contribution >= 4 is 11.7 Å². The van der Waals surface area contributed by atoms with Gasteiger partial charge in [-0.2, -0.15) is 0 Å². The first kappa shape index (κ1) is 16.1. The lowest BCUT2D eigenvalue weighted by Gasteiger charge is -2.26. The van der Waals surface area contributed by atoms with Gasteiger partial charge in [-0.25, -0.2) is 0 Å². The maximum atomic E-state index is 13.1. The largest absolute Gasteiger partial charge is 0.454 e. The molecule has 4 heterocycles. The molecule has 0 radical (unpaired) electrons. The third-order valence-electron chi connectivity index (χ3n) is 5.59. The Balaban J connectivity index is 1.60. The SMILES string of the molecule is CC1(C)O[C@H]2CC(=O)[C@H]3CCN(Cc4cc5c(cc43)OCO5)C(=O)[C@@H]2O1. The van der Waals surface area contributed by atoms with Crippen LogP contribution < -0.4 is 9.47 Å².